The summed E-state index contributed by atoms with van der Waals surface area (Å²) >= 11 is 12.0. The Bertz CT molecular complexity index is 967. The summed E-state index contributed by atoms with van der Waals surface area (Å²) in [7, 11) is 0. The van der Waals surface area contributed by atoms with Crippen molar-refractivity contribution in [1.29, 1.82) is 0 Å². The fraction of sp³-hybridized carbons (Fsp3) is 0.316. The van der Waals surface area contributed by atoms with Crippen molar-refractivity contribution in [1.82, 2.24) is 24.9 Å². The summed E-state index contributed by atoms with van der Waals surface area (Å²) < 4.78 is 9.06. The Morgan fingerprint density at radius 1 is 1.21 bits per heavy atom. The standard InChI is InChI=1S/C19H21Cl2N5O2/c1-13-11-14(2)26(23-13)9-4-8-22-19(27)16-7-10-25(24-16)12-28-17-6-3-5-15(20)18(17)21/h3,5-7,10-11H,4,8-9,12H2,1-2H3,(H,22,27). The minimum Gasteiger partial charge on any atom is -0.470 e. The van der Waals surface area contributed by atoms with Gasteiger partial charge in [-0.15, -0.1) is 0 Å². The molecule has 3 rings (SSSR count). The van der Waals surface area contributed by atoms with E-state index in [0.29, 0.717) is 28.0 Å². The summed E-state index contributed by atoms with van der Waals surface area (Å²) in [6.07, 6.45) is 2.45. The zero-order valence-electron chi connectivity index (χ0n) is 15.7. The summed E-state index contributed by atoms with van der Waals surface area (Å²) in [6, 6.07) is 8.82. The van der Waals surface area contributed by atoms with E-state index >= 15 is 0 Å². The lowest BCUT2D eigenvalue weighted by Gasteiger charge is -2.08. The summed E-state index contributed by atoms with van der Waals surface area (Å²) in [5.41, 5.74) is 2.43. The van der Waals surface area contributed by atoms with Crippen LogP contribution in [0.4, 0.5) is 0 Å². The second-order valence-corrected chi connectivity index (χ2v) is 7.11. The molecule has 148 valence electrons. The van der Waals surface area contributed by atoms with Gasteiger partial charge in [0, 0.05) is 25.0 Å². The normalized spacial score (nSPS) is 10.9. The first-order valence-corrected chi connectivity index (χ1v) is 9.59. The van der Waals surface area contributed by atoms with Crippen LogP contribution in [0.3, 0.4) is 0 Å². The van der Waals surface area contributed by atoms with Crippen molar-refractivity contribution < 1.29 is 9.53 Å². The molecule has 0 aliphatic heterocycles. The first-order valence-electron chi connectivity index (χ1n) is 8.83. The molecule has 0 saturated heterocycles. The summed E-state index contributed by atoms with van der Waals surface area (Å²) in [5.74, 6) is 0.229. The van der Waals surface area contributed by atoms with E-state index in [9.17, 15) is 4.79 Å². The number of amides is 1. The molecule has 3 aromatic rings. The number of hydrogen-bond acceptors (Lipinski definition) is 4. The predicted octanol–water partition coefficient (Wildman–Crippen LogP) is 3.86. The monoisotopic (exact) mass is 421 g/mol. The van der Waals surface area contributed by atoms with Crippen molar-refractivity contribution in [2.45, 2.75) is 33.5 Å². The van der Waals surface area contributed by atoms with E-state index in [1.165, 1.54) is 4.68 Å². The van der Waals surface area contributed by atoms with Gasteiger partial charge in [0.15, 0.2) is 6.73 Å². The number of rotatable bonds is 8. The van der Waals surface area contributed by atoms with E-state index in [1.807, 2.05) is 24.6 Å². The van der Waals surface area contributed by atoms with Gasteiger partial charge in [0.05, 0.1) is 10.7 Å². The molecule has 0 spiro atoms. The maximum Gasteiger partial charge on any atom is 0.271 e. The number of carbonyl (C=O) groups is 1. The van der Waals surface area contributed by atoms with Crippen molar-refractivity contribution in [3.63, 3.8) is 0 Å². The average Bonchev–Trinajstić information content (AvgIpc) is 3.26. The lowest BCUT2D eigenvalue weighted by atomic mass is 10.3. The molecule has 0 unspecified atom stereocenters. The highest BCUT2D eigenvalue weighted by Crippen LogP contribution is 2.31. The number of halogens is 2. The molecule has 2 heterocycles. The Morgan fingerprint density at radius 2 is 2.04 bits per heavy atom. The third-order valence-corrected chi connectivity index (χ3v) is 4.88. The molecule has 0 bridgehead atoms. The van der Waals surface area contributed by atoms with Gasteiger partial charge >= 0.3 is 0 Å². The van der Waals surface area contributed by atoms with Crippen LogP contribution in [0.2, 0.25) is 10.0 Å². The first kappa shape index (κ1) is 20.2. The van der Waals surface area contributed by atoms with Gasteiger partial charge in [-0.25, -0.2) is 4.68 Å². The first-order chi connectivity index (χ1) is 13.4. The van der Waals surface area contributed by atoms with Crippen molar-refractivity contribution in [3.05, 3.63) is 63.7 Å². The predicted molar refractivity (Wildman–Crippen MR) is 108 cm³/mol. The maximum absolute atomic E-state index is 12.2. The Hall–Kier alpha value is -2.51. The van der Waals surface area contributed by atoms with Crippen molar-refractivity contribution in [2.24, 2.45) is 0 Å². The van der Waals surface area contributed by atoms with Crippen molar-refractivity contribution >= 4 is 29.1 Å². The third kappa shape index (κ3) is 5.05. The van der Waals surface area contributed by atoms with E-state index in [1.54, 1.807) is 30.5 Å². The van der Waals surface area contributed by atoms with Gasteiger partial charge in [-0.1, -0.05) is 29.3 Å². The number of nitrogens with zero attached hydrogens (tertiary/aromatic N) is 4. The van der Waals surface area contributed by atoms with Gasteiger partial charge in [-0.2, -0.15) is 10.2 Å². The number of hydrogen-bond donors (Lipinski definition) is 1. The van der Waals surface area contributed by atoms with Crippen LogP contribution in [0.25, 0.3) is 0 Å². The van der Waals surface area contributed by atoms with Crippen LogP contribution in [-0.2, 0) is 13.3 Å². The molecule has 1 aromatic carbocycles. The zero-order valence-corrected chi connectivity index (χ0v) is 17.2. The summed E-state index contributed by atoms with van der Waals surface area (Å²) in [6.45, 7) is 5.39. The molecular formula is C19H21Cl2N5O2. The molecule has 0 fully saturated rings. The Labute approximate surface area is 173 Å². The SMILES string of the molecule is Cc1cc(C)n(CCCNC(=O)c2ccn(COc3cccc(Cl)c3Cl)n2)n1. The number of nitrogens with one attached hydrogen (secondary N) is 1. The largest absolute Gasteiger partial charge is 0.470 e. The van der Waals surface area contributed by atoms with Gasteiger partial charge in [0.2, 0.25) is 0 Å². The number of benzene rings is 1. The Balaban J connectivity index is 1.46. The minimum absolute atomic E-state index is 0.116. The van der Waals surface area contributed by atoms with Crippen LogP contribution in [0.5, 0.6) is 5.75 Å². The second kappa shape index (κ2) is 9.12. The number of ether oxygens (including phenoxy) is 1. The fourth-order valence-corrected chi connectivity index (χ4v) is 3.05. The van der Waals surface area contributed by atoms with Gasteiger partial charge in [0.25, 0.3) is 5.91 Å². The quantitative estimate of drug-likeness (QED) is 0.560. The van der Waals surface area contributed by atoms with Gasteiger partial charge < -0.3 is 10.1 Å². The number of aromatic nitrogens is 4. The van der Waals surface area contributed by atoms with Crippen LogP contribution in [-0.4, -0.2) is 32.0 Å². The van der Waals surface area contributed by atoms with Crippen LogP contribution < -0.4 is 10.1 Å². The molecule has 1 amide bonds. The zero-order chi connectivity index (χ0) is 20.1. The highest BCUT2D eigenvalue weighted by atomic mass is 35.5. The second-order valence-electron chi connectivity index (χ2n) is 6.33. The van der Waals surface area contributed by atoms with Crippen LogP contribution in [0.15, 0.2) is 36.5 Å². The molecule has 0 aliphatic carbocycles. The van der Waals surface area contributed by atoms with Crippen LogP contribution >= 0.6 is 23.2 Å². The lowest BCUT2D eigenvalue weighted by Crippen LogP contribution is -2.26. The smallest absolute Gasteiger partial charge is 0.271 e. The van der Waals surface area contributed by atoms with Crippen LogP contribution in [0, 0.1) is 13.8 Å². The molecule has 7 nitrogen and oxygen atoms in total. The molecule has 0 radical (unpaired) electrons. The molecule has 0 aliphatic rings. The molecule has 0 atom stereocenters. The Kier molecular flexibility index (Phi) is 6.59. The van der Waals surface area contributed by atoms with Crippen LogP contribution in [0.1, 0.15) is 28.3 Å². The molecule has 0 saturated carbocycles. The highest BCUT2D eigenvalue weighted by molar-refractivity contribution is 6.42. The van der Waals surface area contributed by atoms with Gasteiger partial charge in [0.1, 0.15) is 16.5 Å². The summed E-state index contributed by atoms with van der Waals surface area (Å²) in [4.78, 5) is 12.2. The third-order valence-electron chi connectivity index (χ3n) is 4.08. The molecule has 28 heavy (non-hydrogen) atoms. The van der Waals surface area contributed by atoms with E-state index < -0.39 is 0 Å². The van der Waals surface area contributed by atoms with E-state index in [4.69, 9.17) is 27.9 Å². The topological polar surface area (TPSA) is 74.0 Å². The van der Waals surface area contributed by atoms with E-state index in [0.717, 1.165) is 24.4 Å². The minimum atomic E-state index is -0.229. The fourth-order valence-electron chi connectivity index (χ4n) is 2.71. The van der Waals surface area contributed by atoms with Gasteiger partial charge in [-0.3, -0.25) is 9.48 Å². The van der Waals surface area contributed by atoms with Crippen molar-refractivity contribution in [2.75, 3.05) is 6.54 Å². The summed E-state index contributed by atoms with van der Waals surface area (Å²) in [5, 5.41) is 12.2. The number of carbonyl (C=O) groups excluding carboxylic acids is 1. The van der Waals surface area contributed by atoms with Gasteiger partial charge in [-0.05, 0) is 44.5 Å². The lowest BCUT2D eigenvalue weighted by molar-refractivity contribution is 0.0945. The van der Waals surface area contributed by atoms with Crippen molar-refractivity contribution in [3.8, 4) is 5.75 Å². The molecule has 9 heteroatoms. The van der Waals surface area contributed by atoms with E-state index in [-0.39, 0.29) is 12.6 Å². The molecular weight excluding hydrogens is 401 g/mol. The Morgan fingerprint density at radius 3 is 2.79 bits per heavy atom. The molecule has 2 aromatic heterocycles. The average molecular weight is 422 g/mol. The highest BCUT2D eigenvalue weighted by Gasteiger charge is 2.10. The van der Waals surface area contributed by atoms with E-state index in [2.05, 4.69) is 15.5 Å². The molecule has 1 N–H and O–H groups in total. The maximum atomic E-state index is 12.2. The number of aryl methyl sites for hydroxylation is 3.